The van der Waals surface area contributed by atoms with E-state index in [4.69, 9.17) is 14.2 Å². The van der Waals surface area contributed by atoms with Crippen molar-refractivity contribution in [3.63, 3.8) is 0 Å². The first-order valence-electron chi connectivity index (χ1n) is 18.2. The Morgan fingerprint density at radius 1 is 0.660 bits per heavy atom. The van der Waals surface area contributed by atoms with Crippen LogP contribution in [0, 0.1) is 0 Å². The fourth-order valence-corrected chi connectivity index (χ4v) is 4.85. The van der Waals surface area contributed by atoms with Crippen molar-refractivity contribution in [2.45, 2.75) is 142 Å². The molecule has 0 rings (SSSR count). The van der Waals surface area contributed by atoms with Crippen molar-refractivity contribution in [3.05, 3.63) is 48.6 Å². The molecule has 0 aliphatic rings. The predicted octanol–water partition coefficient (Wildman–Crippen LogP) is 7.57. The molecule has 0 heterocycles. The van der Waals surface area contributed by atoms with Crippen LogP contribution < -0.4 is 5.11 Å². The van der Waals surface area contributed by atoms with Crippen molar-refractivity contribution >= 4 is 17.9 Å². The van der Waals surface area contributed by atoms with Gasteiger partial charge >= 0.3 is 11.9 Å². The molecular weight excluding hydrogens is 594 g/mol. The van der Waals surface area contributed by atoms with Gasteiger partial charge in [-0.15, -0.1) is 0 Å². The normalized spacial score (nSPS) is 13.6. The Hall–Kier alpha value is -2.71. The number of carboxylic acids is 1. The molecule has 8 nitrogen and oxygen atoms in total. The van der Waals surface area contributed by atoms with Crippen LogP contribution in [0.1, 0.15) is 129 Å². The van der Waals surface area contributed by atoms with Gasteiger partial charge in [0.15, 0.2) is 6.10 Å². The van der Waals surface area contributed by atoms with Gasteiger partial charge in [-0.25, -0.2) is 0 Å². The Labute approximate surface area is 286 Å². The molecule has 0 bridgehead atoms. The van der Waals surface area contributed by atoms with Crippen molar-refractivity contribution in [1.82, 2.24) is 0 Å². The van der Waals surface area contributed by atoms with Gasteiger partial charge in [0.25, 0.3) is 0 Å². The fourth-order valence-electron chi connectivity index (χ4n) is 4.85. The Morgan fingerprint density at radius 3 is 1.81 bits per heavy atom. The number of aliphatic carboxylic acids is 1. The van der Waals surface area contributed by atoms with Crippen LogP contribution in [0.4, 0.5) is 0 Å². The van der Waals surface area contributed by atoms with Crippen molar-refractivity contribution < 1.29 is 38.2 Å². The zero-order valence-corrected chi connectivity index (χ0v) is 30.4. The summed E-state index contributed by atoms with van der Waals surface area (Å²) >= 11 is 0. The lowest BCUT2D eigenvalue weighted by atomic mass is 10.1. The molecule has 0 aliphatic carbocycles. The van der Waals surface area contributed by atoms with Crippen LogP contribution in [0.25, 0.3) is 0 Å². The number of carbonyl (C=O) groups is 3. The summed E-state index contributed by atoms with van der Waals surface area (Å²) in [7, 11) is 5.37. The summed E-state index contributed by atoms with van der Waals surface area (Å²) in [5, 5.41) is 11.6. The molecule has 0 fully saturated rings. The number of hydrogen-bond acceptors (Lipinski definition) is 7. The highest BCUT2D eigenvalue weighted by Gasteiger charge is 2.25. The fraction of sp³-hybridized carbons (Fsp3) is 0.718. The van der Waals surface area contributed by atoms with E-state index in [1.165, 1.54) is 12.8 Å². The summed E-state index contributed by atoms with van der Waals surface area (Å²) < 4.78 is 17.0. The molecule has 270 valence electrons. The Kier molecular flexibility index (Phi) is 28.8. The minimum absolute atomic E-state index is 0.0246. The van der Waals surface area contributed by atoms with Crippen LogP contribution >= 0.6 is 0 Å². The van der Waals surface area contributed by atoms with E-state index < -0.39 is 18.1 Å². The Bertz CT molecular complexity index is 917. The number of esters is 2. The molecule has 0 N–H and O–H groups in total. The number of carboxylic acid groups (broad SMARTS) is 1. The topological polar surface area (TPSA) is 102 Å². The number of hydrogen-bond donors (Lipinski definition) is 0. The maximum atomic E-state index is 12.6. The molecule has 0 saturated heterocycles. The number of allylic oxidation sites excluding steroid dienone is 8. The van der Waals surface area contributed by atoms with E-state index in [1.807, 2.05) is 0 Å². The first kappa shape index (κ1) is 44.3. The molecule has 47 heavy (non-hydrogen) atoms. The lowest BCUT2D eigenvalue weighted by Gasteiger charge is -2.34. The van der Waals surface area contributed by atoms with Crippen molar-refractivity contribution in [3.8, 4) is 0 Å². The molecule has 0 amide bonds. The summed E-state index contributed by atoms with van der Waals surface area (Å²) in [5.74, 6) is -1.80. The van der Waals surface area contributed by atoms with Gasteiger partial charge in [-0.2, -0.15) is 0 Å². The molecule has 2 unspecified atom stereocenters. The molecular formula is C39H67NO7. The monoisotopic (exact) mass is 661 g/mol. The number of unbranched alkanes of at least 4 members (excludes halogenated alkanes) is 9. The van der Waals surface area contributed by atoms with Crippen LogP contribution in [0.3, 0.4) is 0 Å². The van der Waals surface area contributed by atoms with Crippen LogP contribution in [0.2, 0.25) is 0 Å². The number of quaternary nitrogens is 1. The summed E-state index contributed by atoms with van der Waals surface area (Å²) in [6.07, 6.45) is 32.8. The van der Waals surface area contributed by atoms with Gasteiger partial charge in [-0.3, -0.25) is 9.59 Å². The molecule has 0 aliphatic heterocycles. The second-order valence-corrected chi connectivity index (χ2v) is 13.1. The number of carbonyl (C=O) groups excluding carboxylic acids is 3. The molecule has 0 aromatic rings. The third-order valence-electron chi connectivity index (χ3n) is 7.68. The van der Waals surface area contributed by atoms with E-state index in [9.17, 15) is 19.5 Å². The van der Waals surface area contributed by atoms with E-state index in [2.05, 4.69) is 62.5 Å². The average molecular weight is 662 g/mol. The van der Waals surface area contributed by atoms with Crippen LogP contribution in [-0.4, -0.2) is 75.5 Å². The number of nitrogens with zero attached hydrogens (tertiary/aromatic N) is 1. The molecule has 0 saturated carbocycles. The maximum absolute atomic E-state index is 12.6. The predicted molar refractivity (Wildman–Crippen MR) is 189 cm³/mol. The second-order valence-electron chi connectivity index (χ2n) is 13.1. The SMILES string of the molecule is CC/C=C\C/C=C\C/C=C\CCCCCC(=O)OC(COCCC(C(=O)[O-])[N+](C)(C)C)COC(=O)CCCCCCC/C=C\CCC. The van der Waals surface area contributed by atoms with E-state index >= 15 is 0 Å². The minimum atomic E-state index is -1.13. The van der Waals surface area contributed by atoms with Gasteiger partial charge in [0.1, 0.15) is 12.6 Å². The van der Waals surface area contributed by atoms with E-state index in [0.717, 1.165) is 83.5 Å². The van der Waals surface area contributed by atoms with Crippen molar-refractivity contribution in [1.29, 1.82) is 0 Å². The average Bonchev–Trinajstić information content (AvgIpc) is 3.01. The first-order chi connectivity index (χ1) is 22.6. The smallest absolute Gasteiger partial charge is 0.306 e. The lowest BCUT2D eigenvalue weighted by molar-refractivity contribution is -0.889. The summed E-state index contributed by atoms with van der Waals surface area (Å²) in [6, 6.07) is -0.731. The first-order valence-corrected chi connectivity index (χ1v) is 18.2. The lowest BCUT2D eigenvalue weighted by Crippen LogP contribution is -2.55. The number of ether oxygens (including phenoxy) is 3. The summed E-state index contributed by atoms with van der Waals surface area (Å²) in [4.78, 5) is 36.5. The zero-order valence-electron chi connectivity index (χ0n) is 30.4. The van der Waals surface area contributed by atoms with Crippen molar-refractivity contribution in [2.24, 2.45) is 0 Å². The largest absolute Gasteiger partial charge is 0.544 e. The van der Waals surface area contributed by atoms with Gasteiger partial charge in [0.05, 0.1) is 40.3 Å². The van der Waals surface area contributed by atoms with Crippen LogP contribution in [0.15, 0.2) is 48.6 Å². The maximum Gasteiger partial charge on any atom is 0.306 e. The van der Waals surface area contributed by atoms with E-state index in [0.29, 0.717) is 6.42 Å². The summed E-state index contributed by atoms with van der Waals surface area (Å²) in [6.45, 7) is 4.41. The molecule has 0 spiro atoms. The number of rotatable bonds is 31. The molecule has 2 atom stereocenters. The van der Waals surface area contributed by atoms with Gasteiger partial charge < -0.3 is 28.6 Å². The summed E-state index contributed by atoms with van der Waals surface area (Å²) in [5.41, 5.74) is 0. The quantitative estimate of drug-likeness (QED) is 0.0327. The highest BCUT2D eigenvalue weighted by molar-refractivity contribution is 5.70. The van der Waals surface area contributed by atoms with Gasteiger partial charge in [-0.05, 0) is 64.2 Å². The molecule has 0 radical (unpaired) electrons. The highest BCUT2D eigenvalue weighted by atomic mass is 16.6. The zero-order chi connectivity index (χ0) is 35.0. The standard InChI is InChI=1S/C39H67NO7/c1-6-8-10-12-14-16-18-19-20-22-24-26-28-30-38(42)47-35(33-45-32-31-36(39(43)44)40(3,4)5)34-46-37(41)29-27-25-23-21-17-15-13-11-9-7-2/h8,10-11,13-14,16,19-20,35-36H,6-7,9,12,15,17-18,21-34H2,1-5H3/b10-8-,13-11-,16-14-,20-19-. The van der Waals surface area contributed by atoms with Crippen molar-refractivity contribution in [2.75, 3.05) is 41.0 Å². The molecule has 0 aromatic carbocycles. The Morgan fingerprint density at radius 2 is 1.19 bits per heavy atom. The third-order valence-corrected chi connectivity index (χ3v) is 7.68. The van der Waals surface area contributed by atoms with Gasteiger partial charge in [0, 0.05) is 19.3 Å². The molecule has 8 heteroatoms. The van der Waals surface area contributed by atoms with Crippen LogP contribution in [-0.2, 0) is 28.6 Å². The van der Waals surface area contributed by atoms with Crippen LogP contribution in [0.5, 0.6) is 0 Å². The molecule has 0 aromatic heterocycles. The van der Waals surface area contributed by atoms with E-state index in [-0.39, 0.29) is 49.1 Å². The van der Waals surface area contributed by atoms with E-state index in [1.54, 1.807) is 21.1 Å². The minimum Gasteiger partial charge on any atom is -0.544 e. The third kappa shape index (κ3) is 29.2. The second kappa shape index (κ2) is 30.6. The highest BCUT2D eigenvalue weighted by Crippen LogP contribution is 2.12. The Balaban J connectivity index is 4.53. The number of likely N-dealkylation sites (N-methyl/N-ethyl adjacent to an activating group) is 1. The van der Waals surface area contributed by atoms with Gasteiger partial charge in [-0.1, -0.05) is 94.6 Å². The van der Waals surface area contributed by atoms with Gasteiger partial charge in [0.2, 0.25) is 0 Å².